The van der Waals surface area contributed by atoms with Gasteiger partial charge in [0.2, 0.25) is 0 Å². The Morgan fingerprint density at radius 3 is 2.65 bits per heavy atom. The largest absolute Gasteiger partial charge is 0.396 e. The highest BCUT2D eigenvalue weighted by molar-refractivity contribution is 5.59. The minimum atomic E-state index is -0.0317. The second-order valence-corrected chi connectivity index (χ2v) is 5.96. The van der Waals surface area contributed by atoms with Crippen molar-refractivity contribution in [3.8, 4) is 6.07 Å². The van der Waals surface area contributed by atoms with Crippen molar-refractivity contribution in [3.63, 3.8) is 0 Å². The van der Waals surface area contributed by atoms with E-state index in [2.05, 4.69) is 16.4 Å². The van der Waals surface area contributed by atoms with Gasteiger partial charge in [0.15, 0.2) is 0 Å². The maximum atomic E-state index is 9.74. The normalized spacial score (nSPS) is 17.5. The molecule has 0 bridgehead atoms. The molecule has 0 spiro atoms. The van der Waals surface area contributed by atoms with Gasteiger partial charge in [0.25, 0.3) is 0 Å². The Labute approximate surface area is 120 Å². The van der Waals surface area contributed by atoms with Gasteiger partial charge in [0.1, 0.15) is 6.07 Å². The summed E-state index contributed by atoms with van der Waals surface area (Å²) in [6, 6.07) is 4.14. The Balaban J connectivity index is 2.16. The first-order chi connectivity index (χ1) is 9.60. The van der Waals surface area contributed by atoms with Crippen LogP contribution in [0.2, 0.25) is 0 Å². The molecule has 1 aromatic rings. The molecule has 1 fully saturated rings. The number of rotatable bonds is 4. The van der Waals surface area contributed by atoms with Gasteiger partial charge in [-0.15, -0.1) is 0 Å². The molecule has 4 nitrogen and oxygen atoms in total. The maximum Gasteiger partial charge on any atom is 0.103 e. The maximum absolute atomic E-state index is 9.74. The summed E-state index contributed by atoms with van der Waals surface area (Å²) in [4.78, 5) is 4.33. The van der Waals surface area contributed by atoms with Gasteiger partial charge in [-0.2, -0.15) is 5.26 Å². The lowest BCUT2D eigenvalue weighted by Crippen LogP contribution is -2.35. The van der Waals surface area contributed by atoms with E-state index in [1.807, 2.05) is 19.9 Å². The number of aliphatic hydroxyl groups is 1. The summed E-state index contributed by atoms with van der Waals surface area (Å²) < 4.78 is 0. The van der Waals surface area contributed by atoms with E-state index in [1.165, 1.54) is 19.3 Å². The molecule has 1 aliphatic carbocycles. The van der Waals surface area contributed by atoms with Crippen LogP contribution in [0.25, 0.3) is 0 Å². The van der Waals surface area contributed by atoms with Gasteiger partial charge in [0.05, 0.1) is 23.6 Å². The van der Waals surface area contributed by atoms with Crippen LogP contribution in [0.3, 0.4) is 0 Å². The minimum absolute atomic E-state index is 0.0317. The van der Waals surface area contributed by atoms with Gasteiger partial charge in [-0.25, -0.2) is 0 Å². The number of hydrogen-bond donors (Lipinski definition) is 2. The van der Waals surface area contributed by atoms with E-state index in [0.717, 1.165) is 36.5 Å². The summed E-state index contributed by atoms with van der Waals surface area (Å²) in [5.41, 5.74) is 3.09. The number of aliphatic hydroxyl groups excluding tert-OH is 1. The van der Waals surface area contributed by atoms with E-state index in [-0.39, 0.29) is 12.0 Å². The molecule has 108 valence electrons. The Hall–Kier alpha value is -1.60. The molecule has 1 aliphatic rings. The average Bonchev–Trinajstić information content (AvgIpc) is 2.45. The summed E-state index contributed by atoms with van der Waals surface area (Å²) in [5, 5.41) is 22.4. The van der Waals surface area contributed by atoms with Crippen LogP contribution in [0.15, 0.2) is 6.07 Å². The summed E-state index contributed by atoms with van der Waals surface area (Å²) in [5.74, 6) is 0. The second kappa shape index (κ2) is 6.23. The lowest BCUT2D eigenvalue weighted by Gasteiger charge is -2.36. The van der Waals surface area contributed by atoms with E-state index >= 15 is 0 Å². The number of aromatic nitrogens is 1. The Morgan fingerprint density at radius 2 is 2.05 bits per heavy atom. The third-order valence-corrected chi connectivity index (χ3v) is 4.34. The number of nitrogens with one attached hydrogen (secondary N) is 1. The highest BCUT2D eigenvalue weighted by Gasteiger charge is 2.31. The molecular formula is C16H23N3O. The fourth-order valence-corrected chi connectivity index (χ4v) is 3.08. The van der Waals surface area contributed by atoms with Crippen molar-refractivity contribution < 1.29 is 5.11 Å². The Morgan fingerprint density at radius 1 is 1.35 bits per heavy atom. The van der Waals surface area contributed by atoms with Gasteiger partial charge in [0, 0.05) is 17.7 Å². The van der Waals surface area contributed by atoms with Gasteiger partial charge in [-0.3, -0.25) is 4.98 Å². The summed E-state index contributed by atoms with van der Waals surface area (Å²) in [6.07, 6.45) is 5.74. The van der Waals surface area contributed by atoms with E-state index in [0.29, 0.717) is 5.56 Å². The van der Waals surface area contributed by atoms with Crippen LogP contribution in [-0.2, 0) is 0 Å². The zero-order valence-corrected chi connectivity index (χ0v) is 12.4. The van der Waals surface area contributed by atoms with Crippen molar-refractivity contribution >= 4 is 5.69 Å². The predicted octanol–water partition coefficient (Wildman–Crippen LogP) is 2.92. The van der Waals surface area contributed by atoms with Crippen LogP contribution in [0.5, 0.6) is 0 Å². The van der Waals surface area contributed by atoms with Crippen LogP contribution in [-0.4, -0.2) is 23.2 Å². The molecule has 0 aromatic carbocycles. The first-order valence-electron chi connectivity index (χ1n) is 7.33. The van der Waals surface area contributed by atoms with E-state index in [4.69, 9.17) is 0 Å². The third-order valence-electron chi connectivity index (χ3n) is 4.34. The van der Waals surface area contributed by atoms with Crippen LogP contribution in [0.4, 0.5) is 5.69 Å². The Bertz CT molecular complexity index is 513. The predicted molar refractivity (Wildman–Crippen MR) is 79.5 cm³/mol. The van der Waals surface area contributed by atoms with Crippen molar-refractivity contribution in [1.82, 2.24) is 4.98 Å². The lowest BCUT2D eigenvalue weighted by atomic mass is 9.74. The van der Waals surface area contributed by atoms with Gasteiger partial charge in [-0.05, 0) is 32.8 Å². The highest BCUT2D eigenvalue weighted by Crippen LogP contribution is 2.36. The number of aryl methyl sites for hydroxylation is 2. The molecule has 2 N–H and O–H groups in total. The molecular weight excluding hydrogens is 250 g/mol. The molecule has 4 heteroatoms. The molecule has 1 heterocycles. The standard InChI is InChI=1S/C16H23N3O/c1-12-8-15(14(9-17)13(2)19-12)18-10-16(11-20)6-4-3-5-7-16/h8,20H,3-7,10-11H2,1-2H3,(H,18,19). The number of nitriles is 1. The van der Waals surface area contributed by atoms with Gasteiger partial charge < -0.3 is 10.4 Å². The van der Waals surface area contributed by atoms with E-state index in [9.17, 15) is 10.4 Å². The van der Waals surface area contributed by atoms with Crippen LogP contribution in [0, 0.1) is 30.6 Å². The van der Waals surface area contributed by atoms with Crippen molar-refractivity contribution in [1.29, 1.82) is 5.26 Å². The van der Waals surface area contributed by atoms with Crippen molar-refractivity contribution in [2.24, 2.45) is 5.41 Å². The molecule has 2 rings (SSSR count). The van der Waals surface area contributed by atoms with Gasteiger partial charge >= 0.3 is 0 Å². The number of nitrogens with zero attached hydrogens (tertiary/aromatic N) is 2. The third kappa shape index (κ3) is 3.10. The fourth-order valence-electron chi connectivity index (χ4n) is 3.08. The molecule has 1 saturated carbocycles. The summed E-state index contributed by atoms with van der Waals surface area (Å²) in [7, 11) is 0. The quantitative estimate of drug-likeness (QED) is 0.885. The zero-order valence-electron chi connectivity index (χ0n) is 12.4. The molecule has 0 radical (unpaired) electrons. The van der Waals surface area contributed by atoms with E-state index in [1.54, 1.807) is 0 Å². The lowest BCUT2D eigenvalue weighted by molar-refractivity contribution is 0.0944. The van der Waals surface area contributed by atoms with Crippen molar-refractivity contribution in [2.45, 2.75) is 46.0 Å². The minimum Gasteiger partial charge on any atom is -0.396 e. The highest BCUT2D eigenvalue weighted by atomic mass is 16.3. The second-order valence-electron chi connectivity index (χ2n) is 5.96. The number of anilines is 1. The SMILES string of the molecule is Cc1cc(NCC2(CO)CCCCC2)c(C#N)c(C)n1. The molecule has 0 atom stereocenters. The van der Waals surface area contributed by atoms with E-state index < -0.39 is 0 Å². The van der Waals surface area contributed by atoms with Crippen LogP contribution in [0.1, 0.15) is 49.1 Å². The molecule has 20 heavy (non-hydrogen) atoms. The molecule has 0 aliphatic heterocycles. The van der Waals surface area contributed by atoms with Crippen molar-refractivity contribution in [3.05, 3.63) is 23.0 Å². The van der Waals surface area contributed by atoms with Gasteiger partial charge in [-0.1, -0.05) is 19.3 Å². The first-order valence-corrected chi connectivity index (χ1v) is 7.33. The molecule has 0 amide bonds. The summed E-state index contributed by atoms with van der Waals surface area (Å²) >= 11 is 0. The fraction of sp³-hybridized carbons (Fsp3) is 0.625. The molecule has 1 aromatic heterocycles. The number of hydrogen-bond acceptors (Lipinski definition) is 4. The van der Waals surface area contributed by atoms with Crippen molar-refractivity contribution in [2.75, 3.05) is 18.5 Å². The molecule has 0 unspecified atom stereocenters. The monoisotopic (exact) mass is 273 g/mol. The number of pyridine rings is 1. The zero-order chi connectivity index (χ0) is 14.6. The molecule has 0 saturated heterocycles. The smallest absolute Gasteiger partial charge is 0.103 e. The van der Waals surface area contributed by atoms with Crippen LogP contribution >= 0.6 is 0 Å². The van der Waals surface area contributed by atoms with Crippen LogP contribution < -0.4 is 5.32 Å². The first kappa shape index (κ1) is 14.8. The average molecular weight is 273 g/mol. The summed E-state index contributed by atoms with van der Waals surface area (Å²) in [6.45, 7) is 4.73. The topological polar surface area (TPSA) is 68.9 Å². The Kier molecular flexibility index (Phi) is 4.61.